The molecule has 0 saturated heterocycles. The lowest BCUT2D eigenvalue weighted by Gasteiger charge is -2.22. The molecule has 39 heavy (non-hydrogen) atoms. The van der Waals surface area contributed by atoms with Crippen LogP contribution in [0.5, 0.6) is 11.5 Å². The van der Waals surface area contributed by atoms with Crippen molar-refractivity contribution in [2.24, 2.45) is 11.7 Å². The highest BCUT2D eigenvalue weighted by molar-refractivity contribution is 5.70. The van der Waals surface area contributed by atoms with Crippen molar-refractivity contribution in [3.8, 4) is 11.5 Å². The molecule has 0 amide bonds. The van der Waals surface area contributed by atoms with Gasteiger partial charge in [-0.15, -0.1) is 0 Å². The van der Waals surface area contributed by atoms with Crippen molar-refractivity contribution in [1.29, 1.82) is 0 Å². The Morgan fingerprint density at radius 2 is 1.08 bits per heavy atom. The van der Waals surface area contributed by atoms with E-state index < -0.39 is 24.0 Å². The van der Waals surface area contributed by atoms with Crippen LogP contribution in [0.25, 0.3) is 0 Å². The molecule has 3 atom stereocenters. The fourth-order valence-corrected chi connectivity index (χ4v) is 4.36. The van der Waals surface area contributed by atoms with Crippen LogP contribution in [0.1, 0.15) is 28.7 Å². The Labute approximate surface area is 229 Å². The number of carbonyl (C=O) groups is 1. The second-order valence-corrected chi connectivity index (χ2v) is 9.75. The summed E-state index contributed by atoms with van der Waals surface area (Å²) in [5.41, 5.74) is 10.3. The summed E-state index contributed by atoms with van der Waals surface area (Å²) in [5, 5.41) is 20.5. The van der Waals surface area contributed by atoms with E-state index in [4.69, 9.17) is 15.2 Å². The summed E-state index contributed by atoms with van der Waals surface area (Å²) < 4.78 is 11.6. The van der Waals surface area contributed by atoms with Crippen LogP contribution in [0.15, 0.2) is 109 Å². The lowest BCUT2D eigenvalue weighted by atomic mass is 9.89. The zero-order valence-electron chi connectivity index (χ0n) is 21.9. The lowest BCUT2D eigenvalue weighted by Crippen LogP contribution is -2.39. The van der Waals surface area contributed by atoms with Crippen molar-refractivity contribution in [2.45, 2.75) is 44.6 Å². The molecule has 0 saturated carbocycles. The average Bonchev–Trinajstić information content (AvgIpc) is 2.97. The minimum absolute atomic E-state index is 0.0705. The number of aliphatic hydroxyl groups excluding tert-OH is 1. The van der Waals surface area contributed by atoms with Gasteiger partial charge >= 0.3 is 5.97 Å². The van der Waals surface area contributed by atoms with Gasteiger partial charge in [0.25, 0.3) is 0 Å². The molecule has 4 N–H and O–H groups in total. The monoisotopic (exact) mass is 525 g/mol. The summed E-state index contributed by atoms with van der Waals surface area (Å²) in [6.07, 6.45) is -0.152. The number of aliphatic hydroxyl groups is 1. The third kappa shape index (κ3) is 8.99. The van der Waals surface area contributed by atoms with Crippen LogP contribution in [0.4, 0.5) is 0 Å². The number of ether oxygens (including phenoxy) is 2. The Hall–Kier alpha value is -4.13. The number of rotatable bonds is 14. The lowest BCUT2D eigenvalue weighted by molar-refractivity contribution is -0.142. The summed E-state index contributed by atoms with van der Waals surface area (Å²) in [6, 6.07) is 34.2. The standard InChI is InChI=1S/C33H35NO5/c34-31(20-25-13-17-30(18-14-25)39-23-27-9-5-2-6-10-27)32(35)21-28(33(36)37)19-24-11-15-29(16-12-24)38-22-26-7-3-1-4-8-26/h1-18,28,31-32,35H,19-23,34H2,(H,36,37). The first-order valence-corrected chi connectivity index (χ1v) is 13.1. The smallest absolute Gasteiger partial charge is 0.306 e. The Bertz CT molecular complexity index is 1280. The summed E-state index contributed by atoms with van der Waals surface area (Å²) in [7, 11) is 0. The van der Waals surface area contributed by atoms with Crippen molar-refractivity contribution in [3.63, 3.8) is 0 Å². The quantitative estimate of drug-likeness (QED) is 0.204. The van der Waals surface area contributed by atoms with Crippen LogP contribution in [0, 0.1) is 5.92 Å². The van der Waals surface area contributed by atoms with Gasteiger partial charge in [0.1, 0.15) is 24.7 Å². The Balaban J connectivity index is 1.25. The minimum Gasteiger partial charge on any atom is -0.489 e. The summed E-state index contributed by atoms with van der Waals surface area (Å²) in [4.78, 5) is 12.0. The molecule has 0 aliphatic rings. The zero-order valence-corrected chi connectivity index (χ0v) is 21.9. The Morgan fingerprint density at radius 1 is 0.641 bits per heavy atom. The molecule has 3 unspecified atom stereocenters. The first kappa shape index (κ1) is 27.9. The van der Waals surface area contributed by atoms with Gasteiger partial charge in [0.05, 0.1) is 12.0 Å². The van der Waals surface area contributed by atoms with Gasteiger partial charge in [-0.3, -0.25) is 4.79 Å². The van der Waals surface area contributed by atoms with Gasteiger partial charge in [-0.2, -0.15) is 0 Å². The van der Waals surface area contributed by atoms with E-state index in [2.05, 4.69) is 0 Å². The number of aliphatic carboxylic acids is 1. The molecule has 0 aromatic heterocycles. The highest BCUT2D eigenvalue weighted by atomic mass is 16.5. The first-order chi connectivity index (χ1) is 19.0. The fourth-order valence-electron chi connectivity index (χ4n) is 4.36. The van der Waals surface area contributed by atoms with Crippen molar-refractivity contribution in [3.05, 3.63) is 131 Å². The van der Waals surface area contributed by atoms with E-state index in [9.17, 15) is 15.0 Å². The molecule has 0 aliphatic carbocycles. The predicted molar refractivity (Wildman–Crippen MR) is 152 cm³/mol. The minimum atomic E-state index is -0.953. The largest absolute Gasteiger partial charge is 0.489 e. The molecule has 0 spiro atoms. The van der Waals surface area contributed by atoms with Crippen molar-refractivity contribution < 1.29 is 24.5 Å². The molecule has 0 heterocycles. The summed E-state index contributed by atoms with van der Waals surface area (Å²) in [5.74, 6) is -0.242. The van der Waals surface area contributed by atoms with Crippen LogP contribution in [0.2, 0.25) is 0 Å². The molecule has 0 aliphatic heterocycles. The average molecular weight is 526 g/mol. The number of nitrogens with two attached hydrogens (primary N) is 1. The van der Waals surface area contributed by atoms with Crippen molar-refractivity contribution in [1.82, 2.24) is 0 Å². The topological polar surface area (TPSA) is 102 Å². The van der Waals surface area contributed by atoms with E-state index in [1.807, 2.05) is 109 Å². The van der Waals surface area contributed by atoms with Crippen LogP contribution in [0.3, 0.4) is 0 Å². The zero-order chi connectivity index (χ0) is 27.5. The molecule has 202 valence electrons. The van der Waals surface area contributed by atoms with Crippen molar-refractivity contribution >= 4 is 5.97 Å². The molecule has 6 nitrogen and oxygen atoms in total. The maximum absolute atomic E-state index is 12.0. The fraction of sp³-hybridized carbons (Fsp3) is 0.242. The number of carboxylic acids is 1. The highest BCUT2D eigenvalue weighted by Gasteiger charge is 2.25. The molecular weight excluding hydrogens is 490 g/mol. The molecule has 4 rings (SSSR count). The molecule has 0 fully saturated rings. The van der Waals surface area contributed by atoms with Crippen LogP contribution in [-0.4, -0.2) is 28.3 Å². The number of benzene rings is 4. The number of carboxylic acid groups (broad SMARTS) is 1. The van der Waals surface area contributed by atoms with Gasteiger partial charge in [-0.1, -0.05) is 84.9 Å². The Kier molecular flexibility index (Phi) is 10.1. The molecular formula is C33H35NO5. The van der Waals surface area contributed by atoms with Crippen molar-refractivity contribution in [2.75, 3.05) is 0 Å². The molecule has 0 bridgehead atoms. The SMILES string of the molecule is NC(Cc1ccc(OCc2ccccc2)cc1)C(O)CC(Cc1ccc(OCc2ccccc2)cc1)C(=O)O. The second kappa shape index (κ2) is 14.1. The Morgan fingerprint density at radius 3 is 1.51 bits per heavy atom. The van der Waals surface area contributed by atoms with E-state index in [1.165, 1.54) is 0 Å². The van der Waals surface area contributed by atoms with E-state index >= 15 is 0 Å². The van der Waals surface area contributed by atoms with Gasteiger partial charge in [-0.05, 0) is 65.8 Å². The van der Waals surface area contributed by atoms with Gasteiger partial charge in [-0.25, -0.2) is 0 Å². The highest BCUT2D eigenvalue weighted by Crippen LogP contribution is 2.21. The van der Waals surface area contributed by atoms with Crippen LogP contribution >= 0.6 is 0 Å². The van der Waals surface area contributed by atoms with Crippen LogP contribution < -0.4 is 15.2 Å². The second-order valence-electron chi connectivity index (χ2n) is 9.75. The van der Waals surface area contributed by atoms with Gasteiger partial charge < -0.3 is 25.4 Å². The van der Waals surface area contributed by atoms with E-state index in [0.717, 1.165) is 28.0 Å². The maximum Gasteiger partial charge on any atom is 0.306 e. The molecule has 4 aromatic carbocycles. The molecule has 0 radical (unpaired) electrons. The van der Waals surface area contributed by atoms with E-state index in [1.54, 1.807) is 0 Å². The van der Waals surface area contributed by atoms with E-state index in [0.29, 0.717) is 31.8 Å². The van der Waals surface area contributed by atoms with E-state index in [-0.39, 0.29) is 6.42 Å². The third-order valence-electron chi connectivity index (χ3n) is 6.67. The van der Waals surface area contributed by atoms with Gasteiger partial charge in [0, 0.05) is 6.04 Å². The number of hydrogen-bond acceptors (Lipinski definition) is 5. The first-order valence-electron chi connectivity index (χ1n) is 13.1. The predicted octanol–water partition coefficient (Wildman–Crippen LogP) is 5.41. The molecule has 6 heteroatoms. The third-order valence-corrected chi connectivity index (χ3v) is 6.67. The maximum atomic E-state index is 12.0. The summed E-state index contributed by atoms with van der Waals surface area (Å²) in [6.45, 7) is 0.948. The summed E-state index contributed by atoms with van der Waals surface area (Å²) >= 11 is 0. The normalized spacial score (nSPS) is 13.3. The van der Waals surface area contributed by atoms with Gasteiger partial charge in [0.15, 0.2) is 0 Å². The molecule has 4 aromatic rings. The van der Waals surface area contributed by atoms with Gasteiger partial charge in [0.2, 0.25) is 0 Å². The number of hydrogen-bond donors (Lipinski definition) is 3. The van der Waals surface area contributed by atoms with Crippen LogP contribution in [-0.2, 0) is 30.8 Å².